The smallest absolute Gasteiger partial charge is 0.408 e. The molecule has 3 aliphatic heterocycles. The van der Waals surface area contributed by atoms with Crippen LogP contribution in [0.2, 0.25) is 0 Å². The van der Waals surface area contributed by atoms with Gasteiger partial charge in [0.25, 0.3) is 5.79 Å². The first-order valence-electron chi connectivity index (χ1n) is 17.2. The van der Waals surface area contributed by atoms with Crippen LogP contribution in [0.3, 0.4) is 0 Å². The molecule has 0 radical (unpaired) electrons. The van der Waals surface area contributed by atoms with Gasteiger partial charge in [-0.1, -0.05) is 13.0 Å². The monoisotopic (exact) mass is 789 g/mol. The Morgan fingerprint density at radius 1 is 0.926 bits per heavy atom. The van der Waals surface area contributed by atoms with Gasteiger partial charge in [0.1, 0.15) is 66.6 Å². The molecule has 0 aromatic carbocycles. The average Bonchev–Trinajstić information content (AvgIpc) is 3.11. The van der Waals surface area contributed by atoms with Crippen molar-refractivity contribution in [1.29, 1.82) is 0 Å². The van der Waals surface area contributed by atoms with E-state index in [1.807, 2.05) is 0 Å². The van der Waals surface area contributed by atoms with Crippen LogP contribution in [0.5, 0.6) is 0 Å². The molecule has 18 atom stereocenters. The normalized spacial score (nSPS) is 39.9. The van der Waals surface area contributed by atoms with Gasteiger partial charge in [0.2, 0.25) is 0 Å². The van der Waals surface area contributed by atoms with Gasteiger partial charge in [-0.15, -0.1) is 6.58 Å². The molecule has 0 aromatic rings. The number of carboxylic acids is 1. The third-order valence-electron chi connectivity index (χ3n) is 9.23. The van der Waals surface area contributed by atoms with Crippen molar-refractivity contribution in [3.05, 3.63) is 12.7 Å². The van der Waals surface area contributed by atoms with Crippen molar-refractivity contribution < 1.29 is 104 Å². The van der Waals surface area contributed by atoms with Crippen LogP contribution in [0.25, 0.3) is 0 Å². The Hall–Kier alpha value is -2.20. The standard InChI is InChI=1S/C32H55NO21/c1-6-14(37)13(33-30(47)54-31(3,4)5)11-48-27-22(43)21(42)25(18(10-36)50-27)51-28-23(44)26(20(41)17(9-35)49-28)53-32(29(45)46)7-15(38)12(2)24(52-32)19(40)16(39)8-34/h6,12-28,34-44H,1,7-11H2,2-5H3,(H,33,47)(H,45,46)/t12-,13+,14-,15-,16-,17?,18?,19-,20+,21-,22?,23?,24?,25-,26+,27-,28+,32+/m1/s1. The number of aliphatic hydroxyl groups is 11. The topological polar surface area (TPSA) is 354 Å². The van der Waals surface area contributed by atoms with Crippen molar-refractivity contribution in [3.8, 4) is 0 Å². The molecule has 3 saturated heterocycles. The van der Waals surface area contributed by atoms with Crippen LogP contribution in [-0.4, -0.2) is 209 Å². The summed E-state index contributed by atoms with van der Waals surface area (Å²) in [7, 11) is 0. The van der Waals surface area contributed by atoms with Crippen LogP contribution in [0.15, 0.2) is 12.7 Å². The third-order valence-corrected chi connectivity index (χ3v) is 9.23. The molecule has 54 heavy (non-hydrogen) atoms. The highest BCUT2D eigenvalue weighted by Gasteiger charge is 2.59. The second kappa shape index (κ2) is 19.3. The molecule has 0 aliphatic carbocycles. The van der Waals surface area contributed by atoms with Crippen molar-refractivity contribution in [2.24, 2.45) is 5.92 Å². The average molecular weight is 790 g/mol. The van der Waals surface area contributed by atoms with Gasteiger partial charge in [0.05, 0.1) is 50.8 Å². The number of alkyl carbamates (subject to hydrolysis) is 1. The lowest BCUT2D eigenvalue weighted by atomic mass is 9.84. The van der Waals surface area contributed by atoms with Gasteiger partial charge in [0.15, 0.2) is 12.6 Å². The Morgan fingerprint density at radius 3 is 2.07 bits per heavy atom. The van der Waals surface area contributed by atoms with E-state index in [9.17, 15) is 70.9 Å². The maximum atomic E-state index is 12.6. The van der Waals surface area contributed by atoms with Gasteiger partial charge in [0, 0.05) is 12.3 Å². The predicted molar refractivity (Wildman–Crippen MR) is 175 cm³/mol. The summed E-state index contributed by atoms with van der Waals surface area (Å²) in [5.41, 5.74) is -0.887. The van der Waals surface area contributed by atoms with Crippen molar-refractivity contribution in [2.75, 3.05) is 26.4 Å². The fourth-order valence-corrected chi connectivity index (χ4v) is 6.11. The van der Waals surface area contributed by atoms with Crippen LogP contribution in [0, 0.1) is 5.92 Å². The molecule has 3 heterocycles. The Morgan fingerprint density at radius 2 is 1.54 bits per heavy atom. The van der Waals surface area contributed by atoms with Crippen molar-refractivity contribution in [1.82, 2.24) is 5.32 Å². The Balaban J connectivity index is 1.81. The van der Waals surface area contributed by atoms with E-state index in [1.54, 1.807) is 20.8 Å². The van der Waals surface area contributed by atoms with Crippen LogP contribution in [0.4, 0.5) is 4.79 Å². The first kappa shape index (κ1) is 46.2. The minimum Gasteiger partial charge on any atom is -0.477 e. The summed E-state index contributed by atoms with van der Waals surface area (Å²) in [4.78, 5) is 24.9. The number of carbonyl (C=O) groups excluding carboxylic acids is 1. The van der Waals surface area contributed by atoms with Crippen molar-refractivity contribution >= 4 is 12.1 Å². The van der Waals surface area contributed by atoms with E-state index in [2.05, 4.69) is 11.9 Å². The zero-order valence-electron chi connectivity index (χ0n) is 30.2. The number of amides is 1. The minimum atomic E-state index is -2.92. The Kier molecular flexibility index (Phi) is 16.5. The van der Waals surface area contributed by atoms with E-state index in [0.29, 0.717) is 0 Å². The fraction of sp³-hybridized carbons (Fsp3) is 0.875. The summed E-state index contributed by atoms with van der Waals surface area (Å²) in [6, 6.07) is -1.19. The first-order valence-corrected chi connectivity index (χ1v) is 17.2. The summed E-state index contributed by atoms with van der Waals surface area (Å²) in [5.74, 6) is -5.84. The number of carboxylic acid groups (broad SMARTS) is 1. The number of carbonyl (C=O) groups is 2. The summed E-state index contributed by atoms with van der Waals surface area (Å²) < 4.78 is 38.7. The minimum absolute atomic E-state index is 0.540. The highest BCUT2D eigenvalue weighted by Crippen LogP contribution is 2.40. The molecule has 314 valence electrons. The zero-order valence-corrected chi connectivity index (χ0v) is 30.2. The maximum Gasteiger partial charge on any atom is 0.408 e. The Labute approximate surface area is 310 Å². The summed E-state index contributed by atoms with van der Waals surface area (Å²) in [6.07, 6.45) is -28.0. The third kappa shape index (κ3) is 10.8. The Bertz CT molecular complexity index is 1220. The number of rotatable bonds is 16. The molecular weight excluding hydrogens is 734 g/mol. The van der Waals surface area contributed by atoms with Gasteiger partial charge < -0.3 is 99.8 Å². The van der Waals surface area contributed by atoms with E-state index in [1.165, 1.54) is 6.92 Å². The van der Waals surface area contributed by atoms with Crippen LogP contribution < -0.4 is 5.32 Å². The summed E-state index contributed by atoms with van der Waals surface area (Å²) >= 11 is 0. The molecule has 3 rings (SSSR count). The first-order chi connectivity index (χ1) is 25.1. The number of hydrogen-bond donors (Lipinski definition) is 13. The molecule has 5 unspecified atom stereocenters. The van der Waals surface area contributed by atoms with E-state index in [0.717, 1.165) is 6.08 Å². The number of nitrogens with one attached hydrogen (secondary N) is 1. The van der Waals surface area contributed by atoms with E-state index < -0.39 is 160 Å². The SMILES string of the molecule is C=C[C@@H](O)[C@H](CO[C@@H]1OC(CO)[C@@H](O[C@@H]2OC(CO)[C@H](O)[C@H](O[C@]3(C(=O)O)C[C@@H](O)[C@@H](C)C([C@H](O)[C@H](O)CO)O3)C2O)[C@H](O)C1O)NC(=O)OC(C)(C)C. The second-order valence-electron chi connectivity index (χ2n) is 14.4. The maximum absolute atomic E-state index is 12.6. The molecular formula is C32H55NO21. The number of hydrogen-bond acceptors (Lipinski definition) is 20. The highest BCUT2D eigenvalue weighted by molar-refractivity contribution is 5.76. The quantitative estimate of drug-likeness (QED) is 0.0648. The molecule has 3 aliphatic rings. The van der Waals surface area contributed by atoms with E-state index >= 15 is 0 Å². The predicted octanol–water partition coefficient (Wildman–Crippen LogP) is -5.63. The zero-order chi connectivity index (χ0) is 40.9. The van der Waals surface area contributed by atoms with Gasteiger partial charge in [-0.25, -0.2) is 9.59 Å². The lowest BCUT2D eigenvalue weighted by Gasteiger charge is -2.50. The summed E-state index contributed by atoms with van der Waals surface area (Å²) in [6.45, 7) is 6.27. The van der Waals surface area contributed by atoms with Gasteiger partial charge >= 0.3 is 12.1 Å². The lowest BCUT2D eigenvalue weighted by Crippen LogP contribution is -2.68. The molecule has 0 saturated carbocycles. The van der Waals surface area contributed by atoms with Crippen molar-refractivity contribution in [3.63, 3.8) is 0 Å². The molecule has 22 nitrogen and oxygen atoms in total. The molecule has 0 spiro atoms. The van der Waals surface area contributed by atoms with Crippen LogP contribution in [0.1, 0.15) is 34.1 Å². The summed E-state index contributed by atoms with van der Waals surface area (Å²) in [5, 5.41) is 128. The molecule has 1 amide bonds. The largest absolute Gasteiger partial charge is 0.477 e. The molecule has 0 bridgehead atoms. The lowest BCUT2D eigenvalue weighted by molar-refractivity contribution is -0.388. The molecule has 0 aromatic heterocycles. The van der Waals surface area contributed by atoms with Gasteiger partial charge in [-0.3, -0.25) is 0 Å². The number of aliphatic carboxylic acids is 1. The van der Waals surface area contributed by atoms with Crippen molar-refractivity contribution in [2.45, 2.75) is 143 Å². The van der Waals surface area contributed by atoms with Gasteiger partial charge in [-0.05, 0) is 20.8 Å². The number of aliphatic hydroxyl groups excluding tert-OH is 11. The van der Waals surface area contributed by atoms with E-state index in [-0.39, 0.29) is 0 Å². The van der Waals surface area contributed by atoms with Crippen LogP contribution >= 0.6 is 0 Å². The fourth-order valence-electron chi connectivity index (χ4n) is 6.11. The molecule has 13 N–H and O–H groups in total. The number of ether oxygens (including phenoxy) is 7. The second-order valence-corrected chi connectivity index (χ2v) is 14.4. The van der Waals surface area contributed by atoms with E-state index in [4.69, 9.17) is 33.2 Å². The highest BCUT2D eigenvalue weighted by atomic mass is 16.8. The molecule has 3 fully saturated rings. The molecule has 22 heteroatoms. The van der Waals surface area contributed by atoms with Gasteiger partial charge in [-0.2, -0.15) is 0 Å². The van der Waals surface area contributed by atoms with Crippen LogP contribution in [-0.2, 0) is 38.0 Å².